The molecular formula is C20H19NO3S2. The molecule has 3 rings (SSSR count). The van der Waals surface area contributed by atoms with Crippen LogP contribution in [0.5, 0.6) is 11.5 Å². The summed E-state index contributed by atoms with van der Waals surface area (Å²) in [5, 5.41) is 0. The lowest BCUT2D eigenvalue weighted by Crippen LogP contribution is -2.27. The first kappa shape index (κ1) is 18.5. The van der Waals surface area contributed by atoms with Crippen molar-refractivity contribution in [3.63, 3.8) is 0 Å². The zero-order chi connectivity index (χ0) is 18.5. The number of thiocarbonyl (C=S) groups is 1. The number of hydrogen-bond donors (Lipinski definition) is 0. The normalized spacial score (nSPS) is 15.6. The van der Waals surface area contributed by atoms with E-state index in [4.69, 9.17) is 21.7 Å². The molecule has 2 aromatic rings. The minimum Gasteiger partial charge on any atom is -0.493 e. The van der Waals surface area contributed by atoms with Crippen LogP contribution in [0.25, 0.3) is 6.08 Å². The van der Waals surface area contributed by atoms with Gasteiger partial charge in [0, 0.05) is 0 Å². The molecule has 0 spiro atoms. The van der Waals surface area contributed by atoms with Gasteiger partial charge < -0.3 is 9.47 Å². The van der Waals surface area contributed by atoms with Gasteiger partial charge in [0.05, 0.1) is 25.2 Å². The molecule has 0 saturated carbocycles. The van der Waals surface area contributed by atoms with E-state index in [0.717, 1.165) is 11.1 Å². The lowest BCUT2D eigenvalue weighted by atomic mass is 10.1. The number of hydrogen-bond acceptors (Lipinski definition) is 5. The molecule has 1 aliphatic rings. The number of carbonyl (C=O) groups is 1. The molecule has 1 saturated heterocycles. The Bertz CT molecular complexity index is 849. The molecule has 1 fully saturated rings. The Morgan fingerprint density at radius 1 is 1.15 bits per heavy atom. The van der Waals surface area contributed by atoms with E-state index in [0.29, 0.717) is 33.9 Å². The molecule has 6 heteroatoms. The number of rotatable bonds is 6. The maximum atomic E-state index is 12.8. The number of benzene rings is 2. The van der Waals surface area contributed by atoms with Gasteiger partial charge in [-0.05, 0) is 36.3 Å². The first-order valence-corrected chi connectivity index (χ1v) is 9.45. The van der Waals surface area contributed by atoms with E-state index >= 15 is 0 Å². The molecule has 1 aliphatic heterocycles. The molecule has 0 bridgehead atoms. The molecular weight excluding hydrogens is 366 g/mol. The van der Waals surface area contributed by atoms with Gasteiger partial charge in [0.2, 0.25) is 0 Å². The van der Waals surface area contributed by atoms with Gasteiger partial charge in [-0.25, -0.2) is 0 Å². The maximum Gasteiger partial charge on any atom is 0.266 e. The summed E-state index contributed by atoms with van der Waals surface area (Å²) in [5.41, 5.74) is 1.92. The van der Waals surface area contributed by atoms with Crippen molar-refractivity contribution in [1.29, 1.82) is 0 Å². The Morgan fingerprint density at radius 2 is 1.92 bits per heavy atom. The average Bonchev–Trinajstić information content (AvgIpc) is 2.91. The molecule has 4 nitrogen and oxygen atoms in total. The second-order valence-corrected chi connectivity index (χ2v) is 7.27. The van der Waals surface area contributed by atoms with Gasteiger partial charge in [0.25, 0.3) is 5.91 Å². The summed E-state index contributed by atoms with van der Waals surface area (Å²) in [6, 6.07) is 15.4. The molecule has 0 radical (unpaired) electrons. The van der Waals surface area contributed by atoms with E-state index in [1.165, 1.54) is 11.8 Å². The van der Waals surface area contributed by atoms with Crippen molar-refractivity contribution in [3.8, 4) is 11.5 Å². The largest absolute Gasteiger partial charge is 0.493 e. The summed E-state index contributed by atoms with van der Waals surface area (Å²) in [5.74, 6) is 1.25. The fourth-order valence-corrected chi connectivity index (χ4v) is 3.86. The predicted octanol–water partition coefficient (Wildman–Crippen LogP) is 4.50. The Kier molecular flexibility index (Phi) is 5.96. The predicted molar refractivity (Wildman–Crippen MR) is 109 cm³/mol. The number of thioether (sulfide) groups is 1. The van der Waals surface area contributed by atoms with Crippen molar-refractivity contribution in [2.45, 2.75) is 13.5 Å². The highest BCUT2D eigenvalue weighted by Crippen LogP contribution is 2.35. The molecule has 0 unspecified atom stereocenters. The summed E-state index contributed by atoms with van der Waals surface area (Å²) in [6.45, 7) is 2.94. The molecule has 0 N–H and O–H groups in total. The summed E-state index contributed by atoms with van der Waals surface area (Å²) in [6.07, 6.45) is 1.84. The molecule has 0 aromatic heterocycles. The zero-order valence-corrected chi connectivity index (χ0v) is 16.2. The molecule has 0 aliphatic carbocycles. The monoisotopic (exact) mass is 385 g/mol. The molecule has 0 atom stereocenters. The quantitative estimate of drug-likeness (QED) is 0.541. The van der Waals surface area contributed by atoms with Crippen molar-refractivity contribution < 1.29 is 14.3 Å². The first-order valence-electron chi connectivity index (χ1n) is 8.22. The Morgan fingerprint density at radius 3 is 2.62 bits per heavy atom. The van der Waals surface area contributed by atoms with Crippen LogP contribution in [0.2, 0.25) is 0 Å². The molecule has 26 heavy (non-hydrogen) atoms. The number of amides is 1. The van der Waals surface area contributed by atoms with Crippen LogP contribution in [0.15, 0.2) is 53.4 Å². The van der Waals surface area contributed by atoms with Crippen LogP contribution in [0.3, 0.4) is 0 Å². The van der Waals surface area contributed by atoms with E-state index in [1.54, 1.807) is 12.0 Å². The highest BCUT2D eigenvalue weighted by molar-refractivity contribution is 8.26. The lowest BCUT2D eigenvalue weighted by molar-refractivity contribution is -0.122. The standard InChI is InChI=1S/C20H19NO3S2/c1-3-24-17-11-15(9-10-16(17)23-2)12-18-19(22)21(20(25)26-18)13-14-7-5-4-6-8-14/h4-12H,3,13H2,1-2H3/b18-12-. The molecule has 1 amide bonds. The number of ether oxygens (including phenoxy) is 2. The number of nitrogens with zero attached hydrogens (tertiary/aromatic N) is 1. The maximum absolute atomic E-state index is 12.8. The second-order valence-electron chi connectivity index (χ2n) is 5.60. The summed E-state index contributed by atoms with van der Waals surface area (Å²) < 4.78 is 11.5. The van der Waals surface area contributed by atoms with Crippen molar-refractivity contribution in [2.75, 3.05) is 13.7 Å². The lowest BCUT2D eigenvalue weighted by Gasteiger charge is -2.14. The summed E-state index contributed by atoms with van der Waals surface area (Å²) in [7, 11) is 1.60. The SMILES string of the molecule is CCOc1cc(/C=C2\SC(=S)N(Cc3ccccc3)C2=O)ccc1OC. The Balaban J connectivity index is 1.82. The van der Waals surface area contributed by atoms with Gasteiger partial charge in [-0.3, -0.25) is 9.69 Å². The van der Waals surface area contributed by atoms with Crippen LogP contribution < -0.4 is 9.47 Å². The van der Waals surface area contributed by atoms with Crippen LogP contribution in [0, 0.1) is 0 Å². The van der Waals surface area contributed by atoms with E-state index in [2.05, 4.69) is 0 Å². The van der Waals surface area contributed by atoms with E-state index in [1.807, 2.05) is 61.5 Å². The van der Waals surface area contributed by atoms with Crippen LogP contribution in [-0.2, 0) is 11.3 Å². The fraction of sp³-hybridized carbons (Fsp3) is 0.200. The smallest absolute Gasteiger partial charge is 0.266 e. The minimum absolute atomic E-state index is 0.0716. The topological polar surface area (TPSA) is 38.8 Å². The Hall–Kier alpha value is -2.31. The Labute approximate surface area is 162 Å². The van der Waals surface area contributed by atoms with E-state index < -0.39 is 0 Å². The third-order valence-electron chi connectivity index (χ3n) is 3.84. The van der Waals surface area contributed by atoms with Gasteiger partial charge in [-0.1, -0.05) is 60.4 Å². The average molecular weight is 386 g/mol. The van der Waals surface area contributed by atoms with E-state index in [-0.39, 0.29) is 5.91 Å². The molecule has 1 heterocycles. The minimum atomic E-state index is -0.0716. The third-order valence-corrected chi connectivity index (χ3v) is 5.22. The van der Waals surface area contributed by atoms with Crippen LogP contribution >= 0.6 is 24.0 Å². The van der Waals surface area contributed by atoms with Gasteiger partial charge in [0.1, 0.15) is 4.32 Å². The zero-order valence-electron chi connectivity index (χ0n) is 14.6. The van der Waals surface area contributed by atoms with Gasteiger partial charge >= 0.3 is 0 Å². The van der Waals surface area contributed by atoms with Crippen LogP contribution in [0.4, 0.5) is 0 Å². The highest BCUT2D eigenvalue weighted by Gasteiger charge is 2.31. The van der Waals surface area contributed by atoms with Crippen molar-refractivity contribution >= 4 is 40.3 Å². The van der Waals surface area contributed by atoms with Crippen LogP contribution in [-0.4, -0.2) is 28.8 Å². The highest BCUT2D eigenvalue weighted by atomic mass is 32.2. The van der Waals surface area contributed by atoms with Crippen LogP contribution in [0.1, 0.15) is 18.1 Å². The van der Waals surface area contributed by atoms with Gasteiger partial charge in [-0.2, -0.15) is 0 Å². The van der Waals surface area contributed by atoms with E-state index in [9.17, 15) is 4.79 Å². The molecule has 134 valence electrons. The summed E-state index contributed by atoms with van der Waals surface area (Å²) in [4.78, 5) is 15.0. The van der Waals surface area contributed by atoms with Crippen molar-refractivity contribution in [2.24, 2.45) is 0 Å². The second kappa shape index (κ2) is 8.38. The van der Waals surface area contributed by atoms with Crippen molar-refractivity contribution in [3.05, 3.63) is 64.6 Å². The third kappa shape index (κ3) is 4.08. The fourth-order valence-electron chi connectivity index (χ4n) is 2.61. The van der Waals surface area contributed by atoms with Gasteiger partial charge in [0.15, 0.2) is 11.5 Å². The van der Waals surface area contributed by atoms with Gasteiger partial charge in [-0.15, -0.1) is 0 Å². The van der Waals surface area contributed by atoms with Crippen molar-refractivity contribution in [1.82, 2.24) is 4.90 Å². The number of methoxy groups -OCH3 is 1. The summed E-state index contributed by atoms with van der Waals surface area (Å²) >= 11 is 6.72. The number of carbonyl (C=O) groups excluding carboxylic acids is 1. The molecule has 2 aromatic carbocycles. The first-order chi connectivity index (χ1) is 12.6.